The van der Waals surface area contributed by atoms with E-state index in [1.165, 1.54) is 0 Å². The fraction of sp³-hybridized carbons (Fsp3) is 0.111. The van der Waals surface area contributed by atoms with Crippen molar-refractivity contribution in [3.63, 3.8) is 0 Å². The molecule has 1 aromatic rings. The van der Waals surface area contributed by atoms with Gasteiger partial charge in [-0.15, -0.1) is 0 Å². The van der Waals surface area contributed by atoms with E-state index in [1.807, 2.05) is 0 Å². The first kappa shape index (κ1) is 10.2. The molecule has 0 aliphatic carbocycles. The monoisotopic (exact) mass is 191 g/mol. The summed E-state index contributed by atoms with van der Waals surface area (Å²) in [4.78, 5) is 0. The Morgan fingerprint density at radius 3 is 2.07 bits per heavy atom. The highest BCUT2D eigenvalue weighted by atomic mass is 14.7. The van der Waals surface area contributed by atoms with E-state index in [0.717, 1.165) is 5.56 Å². The number of rotatable bonds is 3. The summed E-state index contributed by atoms with van der Waals surface area (Å²) in [5, 5.41) is 14.6. The van der Waals surface area contributed by atoms with Crippen molar-refractivity contribution in [2.75, 3.05) is 0 Å². The lowest BCUT2D eigenvalue weighted by Gasteiger charge is -2.08. The third-order valence-corrected chi connectivity index (χ3v) is 1.90. The van der Waals surface area contributed by atoms with E-state index in [1.54, 1.807) is 18.2 Å². The third-order valence-electron chi connectivity index (χ3n) is 1.90. The number of hydrogen-bond donors (Lipinski definition) is 5. The Morgan fingerprint density at radius 2 is 1.64 bits per heavy atom. The molecule has 0 aliphatic rings. The summed E-state index contributed by atoms with van der Waals surface area (Å²) in [6, 6.07) is 5.10. The predicted octanol–water partition coefficient (Wildman–Crippen LogP) is -0.287. The summed E-state index contributed by atoms with van der Waals surface area (Å²) in [6.45, 7) is 0.373. The zero-order valence-corrected chi connectivity index (χ0v) is 7.67. The molecule has 0 atom stereocenters. The molecule has 5 nitrogen and oxygen atoms in total. The van der Waals surface area contributed by atoms with Crippen LogP contribution in [0.5, 0.6) is 0 Å². The molecule has 0 spiro atoms. The van der Waals surface area contributed by atoms with Gasteiger partial charge < -0.3 is 17.2 Å². The topological polar surface area (TPSA) is 126 Å². The van der Waals surface area contributed by atoms with Crippen LogP contribution in [0.25, 0.3) is 0 Å². The van der Waals surface area contributed by atoms with Crippen LogP contribution in [0, 0.1) is 10.8 Å². The summed E-state index contributed by atoms with van der Waals surface area (Å²) < 4.78 is 0. The van der Waals surface area contributed by atoms with Crippen molar-refractivity contribution in [1.82, 2.24) is 0 Å². The predicted molar refractivity (Wildman–Crippen MR) is 56.4 cm³/mol. The van der Waals surface area contributed by atoms with Gasteiger partial charge in [0, 0.05) is 17.7 Å². The Labute approximate surface area is 81.9 Å². The van der Waals surface area contributed by atoms with E-state index in [4.69, 9.17) is 28.0 Å². The molecular weight excluding hydrogens is 178 g/mol. The molecule has 74 valence electrons. The van der Waals surface area contributed by atoms with Crippen molar-refractivity contribution in [2.45, 2.75) is 6.54 Å². The molecule has 0 heterocycles. The lowest BCUT2D eigenvalue weighted by Crippen LogP contribution is -2.21. The minimum Gasteiger partial charge on any atom is -0.384 e. The van der Waals surface area contributed by atoms with Crippen LogP contribution in [-0.2, 0) is 6.54 Å². The minimum atomic E-state index is -0.106. The molecule has 0 saturated heterocycles. The largest absolute Gasteiger partial charge is 0.384 e. The average Bonchev–Trinajstić information content (AvgIpc) is 2.16. The van der Waals surface area contributed by atoms with Crippen LogP contribution in [0.2, 0.25) is 0 Å². The van der Waals surface area contributed by atoms with Crippen molar-refractivity contribution < 1.29 is 0 Å². The molecule has 0 aromatic heterocycles. The summed E-state index contributed by atoms with van der Waals surface area (Å²) >= 11 is 0. The van der Waals surface area contributed by atoms with E-state index in [0.29, 0.717) is 17.7 Å². The van der Waals surface area contributed by atoms with Gasteiger partial charge in [-0.05, 0) is 11.6 Å². The highest BCUT2D eigenvalue weighted by Crippen LogP contribution is 2.10. The first-order chi connectivity index (χ1) is 6.56. The first-order valence-electron chi connectivity index (χ1n) is 4.08. The first-order valence-corrected chi connectivity index (χ1v) is 4.08. The van der Waals surface area contributed by atoms with E-state index in [2.05, 4.69) is 0 Å². The number of amidine groups is 2. The molecular formula is C9H13N5. The van der Waals surface area contributed by atoms with Gasteiger partial charge in [0.25, 0.3) is 0 Å². The number of benzene rings is 1. The van der Waals surface area contributed by atoms with Crippen molar-refractivity contribution in [2.24, 2.45) is 17.2 Å². The number of nitrogens with one attached hydrogen (secondary N) is 2. The van der Waals surface area contributed by atoms with Crippen LogP contribution in [-0.4, -0.2) is 11.7 Å². The molecule has 0 aliphatic heterocycles. The quantitative estimate of drug-likeness (QED) is 0.333. The SMILES string of the molecule is N=C(N)c1ccc(CN)cc1C(=N)N. The Hall–Kier alpha value is -1.88. The second kappa shape index (κ2) is 3.89. The fourth-order valence-electron chi connectivity index (χ4n) is 1.18. The van der Waals surface area contributed by atoms with Gasteiger partial charge in [-0.25, -0.2) is 0 Å². The van der Waals surface area contributed by atoms with E-state index in [-0.39, 0.29) is 11.7 Å². The minimum absolute atomic E-state index is 0.0984. The van der Waals surface area contributed by atoms with Gasteiger partial charge in [-0.1, -0.05) is 12.1 Å². The molecule has 0 bridgehead atoms. The van der Waals surface area contributed by atoms with Gasteiger partial charge in [-0.3, -0.25) is 10.8 Å². The lowest BCUT2D eigenvalue weighted by atomic mass is 10.0. The van der Waals surface area contributed by atoms with Gasteiger partial charge in [-0.2, -0.15) is 0 Å². The van der Waals surface area contributed by atoms with Crippen molar-refractivity contribution in [1.29, 1.82) is 10.8 Å². The van der Waals surface area contributed by atoms with Crippen molar-refractivity contribution >= 4 is 11.7 Å². The number of hydrogen-bond acceptors (Lipinski definition) is 3. The molecule has 1 rings (SSSR count). The van der Waals surface area contributed by atoms with Gasteiger partial charge in [0.05, 0.1) is 0 Å². The maximum Gasteiger partial charge on any atom is 0.123 e. The van der Waals surface area contributed by atoms with Gasteiger partial charge in [0.2, 0.25) is 0 Å². The molecule has 0 amide bonds. The summed E-state index contributed by atoms with van der Waals surface area (Å²) in [5.41, 5.74) is 17.9. The Balaban J connectivity index is 3.31. The number of nitrogen functional groups attached to an aromatic ring is 2. The summed E-state index contributed by atoms with van der Waals surface area (Å²) in [7, 11) is 0. The van der Waals surface area contributed by atoms with E-state index < -0.39 is 0 Å². The Morgan fingerprint density at radius 1 is 1.07 bits per heavy atom. The molecule has 1 aromatic carbocycles. The Bertz CT molecular complexity index is 383. The maximum absolute atomic E-state index is 7.33. The number of nitrogens with two attached hydrogens (primary N) is 3. The Kier molecular flexibility index (Phi) is 2.83. The zero-order valence-electron chi connectivity index (χ0n) is 7.67. The van der Waals surface area contributed by atoms with Gasteiger partial charge in [0.1, 0.15) is 11.7 Å². The molecule has 5 heteroatoms. The zero-order chi connectivity index (χ0) is 10.7. The van der Waals surface area contributed by atoms with E-state index in [9.17, 15) is 0 Å². The summed E-state index contributed by atoms with van der Waals surface area (Å²) in [5.74, 6) is -0.204. The second-order valence-corrected chi connectivity index (χ2v) is 2.91. The highest BCUT2D eigenvalue weighted by molar-refractivity contribution is 6.08. The standard InChI is InChI=1S/C9H13N5/c10-4-5-1-2-6(8(11)12)7(3-5)9(13)14/h1-3H,4,10H2,(H3,11,12)(H3,13,14). The van der Waals surface area contributed by atoms with Crippen LogP contribution in [0.3, 0.4) is 0 Å². The van der Waals surface area contributed by atoms with Gasteiger partial charge >= 0.3 is 0 Å². The third kappa shape index (κ3) is 1.89. The smallest absolute Gasteiger partial charge is 0.123 e. The van der Waals surface area contributed by atoms with Crippen LogP contribution in [0.15, 0.2) is 18.2 Å². The molecule has 8 N–H and O–H groups in total. The fourth-order valence-corrected chi connectivity index (χ4v) is 1.18. The van der Waals surface area contributed by atoms with Crippen molar-refractivity contribution in [3.8, 4) is 0 Å². The molecule has 0 unspecified atom stereocenters. The van der Waals surface area contributed by atoms with Crippen LogP contribution in [0.4, 0.5) is 0 Å². The molecule has 0 fully saturated rings. The maximum atomic E-state index is 7.33. The lowest BCUT2D eigenvalue weighted by molar-refractivity contribution is 1.07. The van der Waals surface area contributed by atoms with Crippen LogP contribution >= 0.6 is 0 Å². The van der Waals surface area contributed by atoms with Crippen LogP contribution in [0.1, 0.15) is 16.7 Å². The molecule has 0 saturated carbocycles. The average molecular weight is 191 g/mol. The molecule has 0 radical (unpaired) electrons. The van der Waals surface area contributed by atoms with Crippen molar-refractivity contribution in [3.05, 3.63) is 34.9 Å². The molecule has 14 heavy (non-hydrogen) atoms. The normalized spacial score (nSPS) is 9.79. The van der Waals surface area contributed by atoms with E-state index >= 15 is 0 Å². The highest BCUT2D eigenvalue weighted by Gasteiger charge is 2.08. The van der Waals surface area contributed by atoms with Gasteiger partial charge in [0.15, 0.2) is 0 Å². The summed E-state index contributed by atoms with van der Waals surface area (Å²) in [6.07, 6.45) is 0. The second-order valence-electron chi connectivity index (χ2n) is 2.91. The van der Waals surface area contributed by atoms with Crippen LogP contribution < -0.4 is 17.2 Å².